The third-order valence-corrected chi connectivity index (χ3v) is 5.66. The zero-order valence-corrected chi connectivity index (χ0v) is 17.9. The number of benzene rings is 2. The average Bonchev–Trinajstić information content (AvgIpc) is 2.67. The molecule has 1 heterocycles. The minimum atomic E-state index is -0.232. The molecule has 2 aromatic rings. The summed E-state index contributed by atoms with van der Waals surface area (Å²) < 4.78 is 0. The van der Waals surface area contributed by atoms with Crippen LogP contribution < -0.4 is 5.32 Å². The number of hydrogen-bond acceptors (Lipinski definition) is 3. The van der Waals surface area contributed by atoms with Crippen LogP contribution >= 0.6 is 11.6 Å². The summed E-state index contributed by atoms with van der Waals surface area (Å²) in [7, 11) is 1.82. The highest BCUT2D eigenvalue weighted by molar-refractivity contribution is 6.30. The summed E-state index contributed by atoms with van der Waals surface area (Å²) in [6.45, 7) is 5.76. The van der Waals surface area contributed by atoms with Gasteiger partial charge in [0.25, 0.3) is 0 Å². The van der Waals surface area contributed by atoms with E-state index in [0.717, 1.165) is 5.56 Å². The maximum absolute atomic E-state index is 12.5. The van der Waals surface area contributed by atoms with E-state index in [1.54, 1.807) is 17.0 Å². The van der Waals surface area contributed by atoms with Crippen LogP contribution in [-0.4, -0.2) is 53.8 Å². The second kappa shape index (κ2) is 9.42. The topological polar surface area (TPSA) is 52.7 Å². The van der Waals surface area contributed by atoms with Crippen LogP contribution in [0.15, 0.2) is 48.5 Å². The molecule has 1 aliphatic rings. The van der Waals surface area contributed by atoms with Crippen molar-refractivity contribution in [3.63, 3.8) is 0 Å². The Labute approximate surface area is 177 Å². The lowest BCUT2D eigenvalue weighted by molar-refractivity contribution is -0.142. The number of nitrogens with one attached hydrogen (secondary N) is 1. The molecule has 3 rings (SSSR count). The van der Waals surface area contributed by atoms with Crippen molar-refractivity contribution in [1.82, 2.24) is 15.1 Å². The van der Waals surface area contributed by atoms with Crippen molar-refractivity contribution in [2.45, 2.75) is 38.9 Å². The second-order valence-corrected chi connectivity index (χ2v) is 8.26. The van der Waals surface area contributed by atoms with Gasteiger partial charge in [0.15, 0.2) is 0 Å². The summed E-state index contributed by atoms with van der Waals surface area (Å²) >= 11 is 6.00. The Morgan fingerprint density at radius 3 is 2.62 bits per heavy atom. The average molecular weight is 414 g/mol. The quantitative estimate of drug-likeness (QED) is 0.791. The van der Waals surface area contributed by atoms with Gasteiger partial charge in [-0.05, 0) is 37.1 Å². The number of hydrogen-bond donors (Lipinski definition) is 1. The van der Waals surface area contributed by atoms with E-state index in [2.05, 4.69) is 35.3 Å². The van der Waals surface area contributed by atoms with Crippen LogP contribution in [0.1, 0.15) is 23.6 Å². The zero-order valence-electron chi connectivity index (χ0n) is 17.2. The van der Waals surface area contributed by atoms with Gasteiger partial charge in [0, 0.05) is 37.7 Å². The van der Waals surface area contributed by atoms with Crippen LogP contribution in [0.2, 0.25) is 5.02 Å². The van der Waals surface area contributed by atoms with E-state index in [1.807, 2.05) is 32.2 Å². The fourth-order valence-electron chi connectivity index (χ4n) is 3.88. The summed E-state index contributed by atoms with van der Waals surface area (Å²) in [5, 5.41) is 3.67. The van der Waals surface area contributed by atoms with Gasteiger partial charge in [-0.1, -0.05) is 53.6 Å². The summed E-state index contributed by atoms with van der Waals surface area (Å²) in [5.74, 6) is 0.0640. The molecule has 154 valence electrons. The van der Waals surface area contributed by atoms with Crippen molar-refractivity contribution in [3.05, 3.63) is 70.2 Å². The monoisotopic (exact) mass is 413 g/mol. The van der Waals surface area contributed by atoms with Crippen molar-refractivity contribution >= 4 is 23.4 Å². The molecule has 0 saturated carbocycles. The summed E-state index contributed by atoms with van der Waals surface area (Å²) in [5.41, 5.74) is 3.25. The van der Waals surface area contributed by atoms with Crippen LogP contribution in [0.25, 0.3) is 0 Å². The first-order valence-electron chi connectivity index (χ1n) is 9.91. The minimum Gasteiger partial charge on any atom is -0.354 e. The van der Waals surface area contributed by atoms with Crippen LogP contribution in [0, 0.1) is 6.92 Å². The maximum atomic E-state index is 12.5. The first-order chi connectivity index (χ1) is 13.8. The molecule has 0 radical (unpaired) electrons. The van der Waals surface area contributed by atoms with Crippen LogP contribution in [0.3, 0.4) is 0 Å². The second-order valence-electron chi connectivity index (χ2n) is 7.82. The Bertz CT molecular complexity index is 886. The number of piperazine rings is 1. The number of nitrogens with zero attached hydrogens (tertiary/aromatic N) is 2. The lowest BCUT2D eigenvalue weighted by Crippen LogP contribution is -2.62. The largest absolute Gasteiger partial charge is 0.354 e. The van der Waals surface area contributed by atoms with E-state index in [4.69, 9.17) is 11.6 Å². The van der Waals surface area contributed by atoms with Gasteiger partial charge in [0.1, 0.15) is 0 Å². The molecule has 1 fully saturated rings. The Morgan fingerprint density at radius 1 is 1.17 bits per heavy atom. The lowest BCUT2D eigenvalue weighted by Gasteiger charge is -2.44. The smallest absolute Gasteiger partial charge is 0.239 e. The molecule has 1 saturated heterocycles. The zero-order chi connectivity index (χ0) is 21.0. The molecule has 2 atom stereocenters. The normalized spacial score (nSPS) is 20.0. The number of carbonyl (C=O) groups is 2. The van der Waals surface area contributed by atoms with Gasteiger partial charge >= 0.3 is 0 Å². The number of amides is 2. The molecular formula is C23H28ClN3O2. The van der Waals surface area contributed by atoms with Gasteiger partial charge in [0.05, 0.1) is 12.5 Å². The van der Waals surface area contributed by atoms with Gasteiger partial charge in [0.2, 0.25) is 11.8 Å². The highest BCUT2D eigenvalue weighted by atomic mass is 35.5. The van der Waals surface area contributed by atoms with Crippen LogP contribution in [-0.2, 0) is 22.6 Å². The highest BCUT2D eigenvalue weighted by Gasteiger charge is 2.36. The van der Waals surface area contributed by atoms with E-state index in [9.17, 15) is 9.59 Å². The molecule has 1 N–H and O–H groups in total. The van der Waals surface area contributed by atoms with Gasteiger partial charge in [-0.15, -0.1) is 0 Å². The lowest BCUT2D eigenvalue weighted by atomic mass is 10.0. The Balaban J connectivity index is 1.67. The van der Waals surface area contributed by atoms with Gasteiger partial charge in [-0.3, -0.25) is 14.5 Å². The SMILES string of the molecule is Cc1cccc(CN2[C@H](CNC(=O)Cc3cccc(Cl)c3)CN(C)C(=O)[C@@H]2C)c1. The number of halogens is 1. The molecule has 0 unspecified atom stereocenters. The van der Waals surface area contributed by atoms with Crippen molar-refractivity contribution in [2.75, 3.05) is 20.1 Å². The van der Waals surface area contributed by atoms with Crippen LogP contribution in [0.4, 0.5) is 0 Å². The standard InChI is InChI=1S/C23H28ClN3O2/c1-16-6-4-8-19(10-16)14-27-17(2)23(29)26(3)15-21(27)13-25-22(28)12-18-7-5-9-20(24)11-18/h4-11,17,21H,12-15H2,1-3H3,(H,25,28)/t17-,21+/m0/s1. The summed E-state index contributed by atoms with van der Waals surface area (Å²) in [4.78, 5) is 28.9. The number of likely N-dealkylation sites (N-methyl/N-ethyl adjacent to an activating group) is 1. The molecule has 0 aromatic heterocycles. The first-order valence-corrected chi connectivity index (χ1v) is 10.3. The predicted molar refractivity (Wildman–Crippen MR) is 116 cm³/mol. The third-order valence-electron chi connectivity index (χ3n) is 5.42. The maximum Gasteiger partial charge on any atom is 0.239 e. The Hall–Kier alpha value is -2.37. The van der Waals surface area contributed by atoms with Crippen molar-refractivity contribution in [3.8, 4) is 0 Å². The van der Waals surface area contributed by atoms with Gasteiger partial charge in [-0.25, -0.2) is 0 Å². The molecule has 2 amide bonds. The number of rotatable bonds is 6. The summed E-state index contributed by atoms with van der Waals surface area (Å²) in [6, 6.07) is 15.5. The number of carbonyl (C=O) groups excluding carboxylic acids is 2. The van der Waals surface area contributed by atoms with E-state index in [1.165, 1.54) is 11.1 Å². The van der Waals surface area contributed by atoms with E-state index < -0.39 is 0 Å². The Kier molecular flexibility index (Phi) is 6.93. The molecule has 1 aliphatic heterocycles. The third kappa shape index (κ3) is 5.58. The summed E-state index contributed by atoms with van der Waals surface area (Å²) in [6.07, 6.45) is 0.287. The molecule has 0 spiro atoms. The molecule has 0 bridgehead atoms. The molecular weight excluding hydrogens is 386 g/mol. The van der Waals surface area contributed by atoms with E-state index >= 15 is 0 Å². The van der Waals surface area contributed by atoms with E-state index in [-0.39, 0.29) is 30.3 Å². The van der Waals surface area contributed by atoms with Gasteiger partial charge in [-0.2, -0.15) is 0 Å². The van der Waals surface area contributed by atoms with Crippen molar-refractivity contribution < 1.29 is 9.59 Å². The molecule has 5 nitrogen and oxygen atoms in total. The molecule has 6 heteroatoms. The molecule has 29 heavy (non-hydrogen) atoms. The van der Waals surface area contributed by atoms with Crippen LogP contribution in [0.5, 0.6) is 0 Å². The highest BCUT2D eigenvalue weighted by Crippen LogP contribution is 2.20. The Morgan fingerprint density at radius 2 is 1.90 bits per heavy atom. The van der Waals surface area contributed by atoms with E-state index in [0.29, 0.717) is 24.7 Å². The van der Waals surface area contributed by atoms with Crippen molar-refractivity contribution in [2.24, 2.45) is 0 Å². The predicted octanol–water partition coefficient (Wildman–Crippen LogP) is 3.04. The van der Waals surface area contributed by atoms with Crippen molar-refractivity contribution in [1.29, 1.82) is 0 Å². The number of aryl methyl sites for hydroxylation is 1. The minimum absolute atomic E-state index is 0.0463. The first kappa shape index (κ1) is 21.3. The molecule has 0 aliphatic carbocycles. The molecule has 2 aromatic carbocycles. The van der Waals surface area contributed by atoms with Gasteiger partial charge < -0.3 is 10.2 Å². The fraction of sp³-hybridized carbons (Fsp3) is 0.391. The fourth-order valence-corrected chi connectivity index (χ4v) is 4.10.